The van der Waals surface area contributed by atoms with Crippen molar-refractivity contribution in [2.75, 3.05) is 25.1 Å². The monoisotopic (exact) mass is 424 g/mol. The zero-order valence-corrected chi connectivity index (χ0v) is 17.4. The molecule has 3 fully saturated rings. The number of hydrogen-bond acceptors (Lipinski definition) is 7. The summed E-state index contributed by atoms with van der Waals surface area (Å²) in [5.74, 6) is 1.63. The molecule has 2 aromatic rings. The Morgan fingerprint density at radius 2 is 1.77 bits per heavy atom. The van der Waals surface area contributed by atoms with E-state index in [0.29, 0.717) is 30.8 Å². The molecule has 0 spiro atoms. The Bertz CT molecular complexity index is 890. The van der Waals surface area contributed by atoms with E-state index in [-0.39, 0.29) is 36.8 Å². The molecule has 1 aromatic carbocycles. The summed E-state index contributed by atoms with van der Waals surface area (Å²) in [4.78, 5) is 21.4. The van der Waals surface area contributed by atoms with Crippen LogP contribution >= 0.6 is 0 Å². The van der Waals surface area contributed by atoms with Gasteiger partial charge in [0.1, 0.15) is 18.0 Å². The average Bonchev–Trinajstić information content (AvgIpc) is 3.54. The van der Waals surface area contributed by atoms with Crippen molar-refractivity contribution in [3.05, 3.63) is 48.3 Å². The number of ether oxygens (including phenoxy) is 3. The van der Waals surface area contributed by atoms with E-state index in [1.807, 2.05) is 42.6 Å². The first kappa shape index (κ1) is 20.2. The number of anilines is 1. The number of carbonyl (C=O) groups is 1. The number of fused-ring (bicyclic) bond motifs is 1. The Hall–Kier alpha value is -2.71. The lowest BCUT2D eigenvalue weighted by Crippen LogP contribution is -2.46. The number of carbonyl (C=O) groups excluding carboxylic acids is 1. The van der Waals surface area contributed by atoms with Crippen molar-refractivity contribution in [2.24, 2.45) is 0 Å². The summed E-state index contributed by atoms with van der Waals surface area (Å²) < 4.78 is 17.5. The number of nitrogens with zero attached hydrogens (tertiary/aromatic N) is 2. The topological polar surface area (TPSA) is 94.6 Å². The molecule has 1 saturated carbocycles. The van der Waals surface area contributed by atoms with Gasteiger partial charge in [-0.05, 0) is 31.0 Å². The molecule has 0 unspecified atom stereocenters. The molecule has 164 valence electrons. The molecular formula is C23H28N4O4. The highest BCUT2D eigenvalue weighted by molar-refractivity contribution is 5.78. The van der Waals surface area contributed by atoms with Gasteiger partial charge in [-0.2, -0.15) is 0 Å². The molecule has 31 heavy (non-hydrogen) atoms. The maximum absolute atomic E-state index is 12.3. The number of nitrogens with one attached hydrogen (secondary N) is 2. The first-order valence-electron chi connectivity index (χ1n) is 11.1. The van der Waals surface area contributed by atoms with Gasteiger partial charge in [-0.1, -0.05) is 31.0 Å². The first-order valence-corrected chi connectivity index (χ1v) is 11.1. The Morgan fingerprint density at radius 1 is 1.03 bits per heavy atom. The third kappa shape index (κ3) is 4.65. The van der Waals surface area contributed by atoms with Gasteiger partial charge < -0.3 is 24.8 Å². The molecule has 0 bridgehead atoms. The van der Waals surface area contributed by atoms with Crippen molar-refractivity contribution in [3.63, 3.8) is 0 Å². The van der Waals surface area contributed by atoms with E-state index >= 15 is 0 Å². The van der Waals surface area contributed by atoms with Gasteiger partial charge in [-0.15, -0.1) is 0 Å². The number of benzene rings is 1. The Balaban J connectivity index is 1.14. The third-order valence-electron chi connectivity index (χ3n) is 6.28. The van der Waals surface area contributed by atoms with Crippen molar-refractivity contribution in [3.8, 4) is 5.75 Å². The molecule has 1 amide bonds. The van der Waals surface area contributed by atoms with Gasteiger partial charge >= 0.3 is 0 Å². The number of hydrogen-bond donors (Lipinski definition) is 2. The third-order valence-corrected chi connectivity index (χ3v) is 6.28. The molecule has 8 nitrogen and oxygen atoms in total. The number of rotatable bonds is 7. The van der Waals surface area contributed by atoms with Crippen LogP contribution in [-0.2, 0) is 14.3 Å². The lowest BCUT2D eigenvalue weighted by Gasteiger charge is -2.19. The van der Waals surface area contributed by atoms with Crippen LogP contribution < -0.4 is 15.4 Å². The summed E-state index contributed by atoms with van der Waals surface area (Å²) in [5, 5.41) is 6.37. The maximum Gasteiger partial charge on any atom is 0.258 e. The summed E-state index contributed by atoms with van der Waals surface area (Å²) in [5.41, 5.74) is 1.11. The lowest BCUT2D eigenvalue weighted by atomic mass is 10.0. The zero-order chi connectivity index (χ0) is 21.0. The lowest BCUT2D eigenvalue weighted by molar-refractivity contribution is -0.124. The van der Waals surface area contributed by atoms with Gasteiger partial charge in [0.2, 0.25) is 5.95 Å². The van der Waals surface area contributed by atoms with E-state index in [0.717, 1.165) is 5.69 Å². The van der Waals surface area contributed by atoms with E-state index in [4.69, 9.17) is 19.2 Å². The molecule has 2 N–H and O–H groups in total. The Morgan fingerprint density at radius 3 is 2.58 bits per heavy atom. The Kier molecular flexibility index (Phi) is 5.99. The number of para-hydroxylation sites is 1. The summed E-state index contributed by atoms with van der Waals surface area (Å²) >= 11 is 0. The van der Waals surface area contributed by atoms with Crippen molar-refractivity contribution in [2.45, 2.75) is 55.9 Å². The minimum atomic E-state index is -0.200. The maximum atomic E-state index is 12.3. The quantitative estimate of drug-likeness (QED) is 0.704. The summed E-state index contributed by atoms with van der Waals surface area (Å²) in [6, 6.07) is 11.1. The second-order valence-electron chi connectivity index (χ2n) is 8.41. The molecule has 1 aliphatic carbocycles. The fourth-order valence-electron chi connectivity index (χ4n) is 4.72. The standard InChI is InChI=1S/C23H28N4O4/c28-20(14-29-16-8-2-1-3-9-16)25-18-12-30-22-19(13-31-21(18)22)27-23-24-11-10-17(26-23)15-6-4-5-7-15/h1-3,8-11,15,18-19,21-22H,4-7,12-14H2,(H,25,28)(H,24,26,27)/t18-,19-,21+,22+/m0/s1. The first-order chi connectivity index (χ1) is 15.3. The van der Waals surface area contributed by atoms with Gasteiger partial charge in [-0.3, -0.25) is 4.79 Å². The van der Waals surface area contributed by atoms with Crippen LogP contribution in [0.25, 0.3) is 0 Å². The predicted molar refractivity (Wildman–Crippen MR) is 114 cm³/mol. The minimum Gasteiger partial charge on any atom is -0.484 e. The van der Waals surface area contributed by atoms with E-state index < -0.39 is 0 Å². The second kappa shape index (κ2) is 9.20. The van der Waals surface area contributed by atoms with Crippen molar-refractivity contribution in [1.82, 2.24) is 15.3 Å². The van der Waals surface area contributed by atoms with Crippen LogP contribution in [0.5, 0.6) is 5.75 Å². The van der Waals surface area contributed by atoms with Crippen LogP contribution in [0, 0.1) is 0 Å². The molecule has 8 heteroatoms. The molecule has 1 aromatic heterocycles. The minimum absolute atomic E-state index is 0.0403. The van der Waals surface area contributed by atoms with Gasteiger partial charge in [-0.25, -0.2) is 9.97 Å². The highest BCUT2D eigenvalue weighted by Crippen LogP contribution is 2.33. The fourth-order valence-corrected chi connectivity index (χ4v) is 4.72. The van der Waals surface area contributed by atoms with Crippen LogP contribution in [0.15, 0.2) is 42.6 Å². The molecule has 4 atom stereocenters. The van der Waals surface area contributed by atoms with E-state index in [1.54, 1.807) is 0 Å². The SMILES string of the molecule is O=C(COc1ccccc1)N[C@H]1CO[C@H]2[C@@H]1OC[C@@H]2Nc1nccc(C2CCCC2)n1. The number of aromatic nitrogens is 2. The Labute approximate surface area is 181 Å². The summed E-state index contributed by atoms with van der Waals surface area (Å²) in [6.07, 6.45) is 6.42. The fraction of sp³-hybridized carbons (Fsp3) is 0.522. The van der Waals surface area contributed by atoms with Gasteiger partial charge in [0.05, 0.1) is 25.3 Å². The molecule has 3 aliphatic rings. The molecule has 0 radical (unpaired) electrons. The van der Waals surface area contributed by atoms with Gasteiger partial charge in [0.15, 0.2) is 6.61 Å². The predicted octanol–water partition coefficient (Wildman–Crippen LogP) is 2.28. The number of amides is 1. The summed E-state index contributed by atoms with van der Waals surface area (Å²) in [6.45, 7) is 0.855. The average molecular weight is 425 g/mol. The van der Waals surface area contributed by atoms with Gasteiger partial charge in [0.25, 0.3) is 5.91 Å². The molecule has 2 saturated heterocycles. The van der Waals surface area contributed by atoms with E-state index in [9.17, 15) is 4.79 Å². The molecular weight excluding hydrogens is 396 g/mol. The molecule has 3 heterocycles. The van der Waals surface area contributed by atoms with Crippen LogP contribution in [0.1, 0.15) is 37.3 Å². The molecule has 2 aliphatic heterocycles. The van der Waals surface area contributed by atoms with Crippen LogP contribution in [0.2, 0.25) is 0 Å². The van der Waals surface area contributed by atoms with E-state index in [1.165, 1.54) is 25.7 Å². The van der Waals surface area contributed by atoms with Crippen LogP contribution in [0.3, 0.4) is 0 Å². The van der Waals surface area contributed by atoms with Crippen molar-refractivity contribution < 1.29 is 19.0 Å². The van der Waals surface area contributed by atoms with Crippen molar-refractivity contribution in [1.29, 1.82) is 0 Å². The van der Waals surface area contributed by atoms with Gasteiger partial charge in [0, 0.05) is 17.8 Å². The second-order valence-corrected chi connectivity index (χ2v) is 8.41. The highest BCUT2D eigenvalue weighted by Gasteiger charge is 2.48. The van der Waals surface area contributed by atoms with Crippen LogP contribution in [0.4, 0.5) is 5.95 Å². The molecule has 5 rings (SSSR count). The smallest absolute Gasteiger partial charge is 0.258 e. The zero-order valence-electron chi connectivity index (χ0n) is 17.4. The summed E-state index contributed by atoms with van der Waals surface area (Å²) in [7, 11) is 0. The normalized spacial score (nSPS) is 27.7. The van der Waals surface area contributed by atoms with E-state index in [2.05, 4.69) is 15.6 Å². The van der Waals surface area contributed by atoms with Crippen LogP contribution in [-0.4, -0.2) is 60.0 Å². The largest absolute Gasteiger partial charge is 0.484 e. The van der Waals surface area contributed by atoms with Crippen molar-refractivity contribution >= 4 is 11.9 Å². The highest BCUT2D eigenvalue weighted by atomic mass is 16.6.